The molecular weight excluding hydrogens is 270 g/mol. The topological polar surface area (TPSA) is 30.3 Å². The number of hydrogen-bond acceptors (Lipinski definition) is 3. The molecule has 1 unspecified atom stereocenters. The van der Waals surface area contributed by atoms with Crippen LogP contribution < -0.4 is 0 Å². The van der Waals surface area contributed by atoms with Crippen LogP contribution in [0.5, 0.6) is 0 Å². The van der Waals surface area contributed by atoms with E-state index in [4.69, 9.17) is 4.74 Å². The van der Waals surface area contributed by atoms with Crippen molar-refractivity contribution in [3.05, 3.63) is 18.2 Å². The van der Waals surface area contributed by atoms with Crippen LogP contribution in [0.4, 0.5) is 0 Å². The summed E-state index contributed by atoms with van der Waals surface area (Å²) in [6.45, 7) is 7.04. The highest BCUT2D eigenvalue weighted by Crippen LogP contribution is 2.08. The minimum absolute atomic E-state index is 0.345. The summed E-state index contributed by atoms with van der Waals surface area (Å²) in [6.07, 6.45) is 4.24. The van der Waals surface area contributed by atoms with Gasteiger partial charge in [-0.1, -0.05) is 15.9 Å². The van der Waals surface area contributed by atoms with E-state index >= 15 is 0 Å². The van der Waals surface area contributed by atoms with Gasteiger partial charge in [-0.2, -0.15) is 0 Å². The van der Waals surface area contributed by atoms with Gasteiger partial charge >= 0.3 is 0 Å². The van der Waals surface area contributed by atoms with Gasteiger partial charge in [-0.25, -0.2) is 4.98 Å². The molecule has 4 nitrogen and oxygen atoms in total. The molecule has 1 aliphatic heterocycles. The molecule has 1 fully saturated rings. The van der Waals surface area contributed by atoms with E-state index < -0.39 is 0 Å². The lowest BCUT2D eigenvalue weighted by molar-refractivity contribution is -0.0160. The van der Waals surface area contributed by atoms with Crippen LogP contribution in [-0.4, -0.2) is 52.1 Å². The Bertz CT molecular complexity index is 329. The first-order valence-electron chi connectivity index (χ1n) is 5.67. The summed E-state index contributed by atoms with van der Waals surface area (Å²) in [5, 5.41) is 0.924. The molecule has 2 heterocycles. The minimum atomic E-state index is 0.345. The Morgan fingerprint density at radius 2 is 2.44 bits per heavy atom. The van der Waals surface area contributed by atoms with Crippen LogP contribution in [0.2, 0.25) is 0 Å². The van der Waals surface area contributed by atoms with Crippen LogP contribution in [0, 0.1) is 6.92 Å². The van der Waals surface area contributed by atoms with Crippen LogP contribution >= 0.6 is 15.9 Å². The number of hydrogen-bond donors (Lipinski definition) is 0. The third kappa shape index (κ3) is 3.06. The lowest BCUT2D eigenvalue weighted by atomic mass is 10.3. The number of morpholine rings is 1. The number of ether oxygens (including phenoxy) is 1. The maximum atomic E-state index is 5.61. The van der Waals surface area contributed by atoms with Crippen molar-refractivity contribution >= 4 is 15.9 Å². The van der Waals surface area contributed by atoms with E-state index in [0.29, 0.717) is 6.10 Å². The highest BCUT2D eigenvalue weighted by atomic mass is 79.9. The van der Waals surface area contributed by atoms with Crippen molar-refractivity contribution in [1.29, 1.82) is 0 Å². The first kappa shape index (κ1) is 12.1. The molecular formula is C11H18BrN3O. The van der Waals surface area contributed by atoms with Gasteiger partial charge in [0.25, 0.3) is 0 Å². The lowest BCUT2D eigenvalue weighted by Gasteiger charge is -2.32. The molecule has 1 aromatic rings. The Morgan fingerprint density at radius 1 is 1.56 bits per heavy atom. The van der Waals surface area contributed by atoms with E-state index in [0.717, 1.165) is 43.9 Å². The molecule has 0 aromatic carbocycles. The summed E-state index contributed by atoms with van der Waals surface area (Å²) in [6, 6.07) is 0. The second-order valence-electron chi connectivity index (χ2n) is 4.12. The van der Waals surface area contributed by atoms with Gasteiger partial charge in [0.05, 0.1) is 12.7 Å². The number of imidazole rings is 1. The fourth-order valence-corrected chi connectivity index (χ4v) is 2.36. The van der Waals surface area contributed by atoms with Gasteiger partial charge in [-0.3, -0.25) is 4.90 Å². The van der Waals surface area contributed by atoms with E-state index in [9.17, 15) is 0 Å². The Balaban J connectivity index is 1.79. The zero-order chi connectivity index (χ0) is 11.4. The van der Waals surface area contributed by atoms with Gasteiger partial charge in [0, 0.05) is 43.9 Å². The Kier molecular flexibility index (Phi) is 4.37. The van der Waals surface area contributed by atoms with E-state index in [1.807, 2.05) is 19.3 Å². The summed E-state index contributed by atoms with van der Waals surface area (Å²) in [4.78, 5) is 6.68. The summed E-state index contributed by atoms with van der Waals surface area (Å²) in [7, 11) is 0. The van der Waals surface area contributed by atoms with E-state index in [-0.39, 0.29) is 0 Å². The highest BCUT2D eigenvalue weighted by molar-refractivity contribution is 9.09. The summed E-state index contributed by atoms with van der Waals surface area (Å²) in [5.41, 5.74) is 0. The number of rotatable bonds is 4. The smallest absolute Gasteiger partial charge is 0.105 e. The predicted octanol–water partition coefficient (Wildman–Crippen LogP) is 1.29. The van der Waals surface area contributed by atoms with Crippen molar-refractivity contribution in [2.45, 2.75) is 19.6 Å². The Labute approximate surface area is 105 Å². The molecule has 2 rings (SSSR count). The van der Waals surface area contributed by atoms with Crippen LogP contribution in [0.1, 0.15) is 5.82 Å². The minimum Gasteiger partial charge on any atom is -0.375 e. The molecule has 0 N–H and O–H groups in total. The predicted molar refractivity (Wildman–Crippen MR) is 66.9 cm³/mol. The zero-order valence-corrected chi connectivity index (χ0v) is 11.2. The third-order valence-corrected chi connectivity index (χ3v) is 3.70. The normalized spacial score (nSPS) is 22.5. The highest BCUT2D eigenvalue weighted by Gasteiger charge is 2.18. The summed E-state index contributed by atoms with van der Waals surface area (Å²) in [5.74, 6) is 1.09. The van der Waals surface area contributed by atoms with E-state index in [2.05, 4.69) is 30.4 Å². The third-order valence-electron chi connectivity index (χ3n) is 2.98. The maximum Gasteiger partial charge on any atom is 0.105 e. The molecule has 0 radical (unpaired) electrons. The molecule has 1 aromatic heterocycles. The van der Waals surface area contributed by atoms with Gasteiger partial charge in [-0.15, -0.1) is 0 Å². The monoisotopic (exact) mass is 287 g/mol. The van der Waals surface area contributed by atoms with Crippen molar-refractivity contribution in [2.75, 3.05) is 31.6 Å². The average molecular weight is 288 g/mol. The Hall–Kier alpha value is -0.390. The average Bonchev–Trinajstić information content (AvgIpc) is 2.72. The van der Waals surface area contributed by atoms with Gasteiger partial charge in [0.15, 0.2) is 0 Å². The standard InChI is InChI=1S/C11H18BrN3O/c1-10-13-2-3-15(10)5-4-14-6-7-16-11(8-12)9-14/h2-3,11H,4-9H2,1H3. The van der Waals surface area contributed by atoms with Crippen LogP contribution in [0.15, 0.2) is 12.4 Å². The quantitative estimate of drug-likeness (QED) is 0.782. The van der Waals surface area contributed by atoms with Crippen LogP contribution in [0.3, 0.4) is 0 Å². The first-order valence-corrected chi connectivity index (χ1v) is 6.79. The lowest BCUT2D eigenvalue weighted by Crippen LogP contribution is -2.44. The molecule has 0 saturated carbocycles. The van der Waals surface area contributed by atoms with Crippen molar-refractivity contribution in [2.24, 2.45) is 0 Å². The molecule has 1 aliphatic rings. The molecule has 0 bridgehead atoms. The number of alkyl halides is 1. The van der Waals surface area contributed by atoms with E-state index in [1.54, 1.807) is 0 Å². The van der Waals surface area contributed by atoms with Crippen molar-refractivity contribution in [1.82, 2.24) is 14.5 Å². The SMILES string of the molecule is Cc1nccn1CCN1CCOC(CBr)C1. The van der Waals surface area contributed by atoms with Crippen molar-refractivity contribution in [3.8, 4) is 0 Å². The van der Waals surface area contributed by atoms with Crippen molar-refractivity contribution in [3.63, 3.8) is 0 Å². The molecule has 0 aliphatic carbocycles. The van der Waals surface area contributed by atoms with Crippen LogP contribution in [0.25, 0.3) is 0 Å². The van der Waals surface area contributed by atoms with Gasteiger partial charge < -0.3 is 9.30 Å². The van der Waals surface area contributed by atoms with Crippen molar-refractivity contribution < 1.29 is 4.74 Å². The van der Waals surface area contributed by atoms with Gasteiger partial charge in [0.1, 0.15) is 5.82 Å². The number of halogens is 1. The van der Waals surface area contributed by atoms with Gasteiger partial charge in [0.2, 0.25) is 0 Å². The van der Waals surface area contributed by atoms with E-state index in [1.165, 1.54) is 0 Å². The molecule has 16 heavy (non-hydrogen) atoms. The fraction of sp³-hybridized carbons (Fsp3) is 0.727. The zero-order valence-electron chi connectivity index (χ0n) is 9.60. The molecule has 1 atom stereocenters. The second kappa shape index (κ2) is 5.80. The van der Waals surface area contributed by atoms with Crippen LogP contribution in [-0.2, 0) is 11.3 Å². The number of aromatic nitrogens is 2. The second-order valence-corrected chi connectivity index (χ2v) is 4.76. The maximum absolute atomic E-state index is 5.61. The van der Waals surface area contributed by atoms with Gasteiger partial charge in [-0.05, 0) is 6.92 Å². The Morgan fingerprint density at radius 3 is 3.12 bits per heavy atom. The number of nitrogens with zero attached hydrogens (tertiary/aromatic N) is 3. The summed E-state index contributed by atoms with van der Waals surface area (Å²) < 4.78 is 7.80. The fourth-order valence-electron chi connectivity index (χ4n) is 1.97. The largest absolute Gasteiger partial charge is 0.375 e. The molecule has 90 valence electrons. The molecule has 5 heteroatoms. The number of aryl methyl sites for hydroxylation is 1. The first-order chi connectivity index (χ1) is 7.79. The molecule has 0 spiro atoms. The molecule has 0 amide bonds. The molecule has 1 saturated heterocycles. The summed E-state index contributed by atoms with van der Waals surface area (Å²) >= 11 is 3.47.